The first-order valence-electron chi connectivity index (χ1n) is 8.93. The molecule has 1 aromatic carbocycles. The first-order chi connectivity index (χ1) is 12.2. The highest BCUT2D eigenvalue weighted by atomic mass is 16.3. The van der Waals surface area contributed by atoms with Crippen LogP contribution in [0.15, 0.2) is 53.1 Å². The van der Waals surface area contributed by atoms with Gasteiger partial charge in [0.25, 0.3) is 5.91 Å². The van der Waals surface area contributed by atoms with E-state index < -0.39 is 0 Å². The van der Waals surface area contributed by atoms with Gasteiger partial charge in [-0.15, -0.1) is 0 Å². The van der Waals surface area contributed by atoms with Gasteiger partial charge in [-0.3, -0.25) is 4.79 Å². The maximum absolute atomic E-state index is 12.9. The second kappa shape index (κ2) is 7.97. The number of hydrogen-bond donors (Lipinski definition) is 1. The van der Waals surface area contributed by atoms with Crippen LogP contribution in [0.4, 0.5) is 0 Å². The van der Waals surface area contributed by atoms with Crippen LogP contribution in [-0.4, -0.2) is 16.9 Å². The minimum atomic E-state index is -0.0598. The van der Waals surface area contributed by atoms with Gasteiger partial charge in [0.2, 0.25) is 0 Å². The summed E-state index contributed by atoms with van der Waals surface area (Å²) >= 11 is 0. The lowest BCUT2D eigenvalue weighted by Gasteiger charge is -2.15. The highest BCUT2D eigenvalue weighted by Gasteiger charge is 2.16. The van der Waals surface area contributed by atoms with Gasteiger partial charge in [-0.25, -0.2) is 4.98 Å². The summed E-state index contributed by atoms with van der Waals surface area (Å²) in [5.74, 6) is 0.603. The molecule has 1 unspecified atom stereocenters. The first-order valence-corrected chi connectivity index (χ1v) is 8.93. The summed E-state index contributed by atoms with van der Waals surface area (Å²) in [6.07, 6.45) is 6.12. The molecule has 0 spiro atoms. The molecular formula is C21H24N2O2. The van der Waals surface area contributed by atoms with Crippen molar-refractivity contribution in [3.8, 4) is 11.5 Å². The Morgan fingerprint density at radius 1 is 1.20 bits per heavy atom. The van der Waals surface area contributed by atoms with Crippen molar-refractivity contribution in [2.75, 3.05) is 0 Å². The van der Waals surface area contributed by atoms with Crippen molar-refractivity contribution < 1.29 is 9.21 Å². The zero-order valence-corrected chi connectivity index (χ0v) is 14.8. The fourth-order valence-corrected chi connectivity index (χ4v) is 2.99. The Morgan fingerprint density at radius 2 is 2.04 bits per heavy atom. The number of benzene rings is 1. The van der Waals surface area contributed by atoms with Crippen LogP contribution in [0, 0.1) is 0 Å². The Bertz CT molecular complexity index is 840. The van der Waals surface area contributed by atoms with Gasteiger partial charge in [-0.1, -0.05) is 44.4 Å². The van der Waals surface area contributed by atoms with E-state index in [1.54, 1.807) is 6.26 Å². The molecule has 0 saturated carbocycles. The number of carbonyl (C=O) groups excluding carboxylic acids is 1. The van der Waals surface area contributed by atoms with Crippen molar-refractivity contribution in [2.24, 2.45) is 0 Å². The van der Waals surface area contributed by atoms with Gasteiger partial charge >= 0.3 is 0 Å². The quantitative estimate of drug-likeness (QED) is 0.604. The van der Waals surface area contributed by atoms with E-state index in [1.165, 1.54) is 12.8 Å². The molecule has 0 fully saturated rings. The van der Waals surface area contributed by atoms with Gasteiger partial charge in [0.1, 0.15) is 5.69 Å². The molecule has 4 heteroatoms. The molecule has 0 radical (unpaired) electrons. The lowest BCUT2D eigenvalue weighted by Crippen LogP contribution is -2.32. The molecule has 2 aromatic heterocycles. The molecule has 1 amide bonds. The number of hydrogen-bond acceptors (Lipinski definition) is 3. The second-order valence-electron chi connectivity index (χ2n) is 6.42. The number of amides is 1. The third-order valence-corrected chi connectivity index (χ3v) is 4.35. The summed E-state index contributed by atoms with van der Waals surface area (Å²) in [5.41, 5.74) is 2.10. The maximum Gasteiger partial charge on any atom is 0.252 e. The fraction of sp³-hybridized carbons (Fsp3) is 0.333. The minimum absolute atomic E-state index is 0.0598. The number of para-hydroxylation sites is 1. The van der Waals surface area contributed by atoms with E-state index in [9.17, 15) is 4.79 Å². The number of nitrogens with zero attached hydrogens (tertiary/aromatic N) is 1. The summed E-state index contributed by atoms with van der Waals surface area (Å²) in [6.45, 7) is 4.24. The van der Waals surface area contributed by atoms with E-state index in [4.69, 9.17) is 4.42 Å². The van der Waals surface area contributed by atoms with Gasteiger partial charge in [-0.2, -0.15) is 0 Å². The van der Waals surface area contributed by atoms with Gasteiger partial charge < -0.3 is 9.73 Å². The molecule has 2 heterocycles. The van der Waals surface area contributed by atoms with E-state index in [1.807, 2.05) is 42.5 Å². The van der Waals surface area contributed by atoms with Crippen LogP contribution >= 0.6 is 0 Å². The SMILES string of the molecule is CCCCCC(C)NC(=O)c1cc(-c2ccco2)nc2ccccc12. The lowest BCUT2D eigenvalue weighted by atomic mass is 10.0. The maximum atomic E-state index is 12.9. The third-order valence-electron chi connectivity index (χ3n) is 4.35. The van der Waals surface area contributed by atoms with Crippen LogP contribution in [0.25, 0.3) is 22.4 Å². The van der Waals surface area contributed by atoms with Crippen LogP contribution < -0.4 is 5.32 Å². The number of furan rings is 1. The predicted molar refractivity (Wildman–Crippen MR) is 101 cm³/mol. The topological polar surface area (TPSA) is 55.1 Å². The Morgan fingerprint density at radius 3 is 2.80 bits per heavy atom. The number of aromatic nitrogens is 1. The monoisotopic (exact) mass is 336 g/mol. The normalized spacial score (nSPS) is 12.2. The van der Waals surface area contributed by atoms with Gasteiger partial charge in [-0.05, 0) is 37.6 Å². The van der Waals surface area contributed by atoms with Gasteiger partial charge in [0.15, 0.2) is 5.76 Å². The van der Waals surface area contributed by atoms with Crippen LogP contribution in [0.5, 0.6) is 0 Å². The summed E-state index contributed by atoms with van der Waals surface area (Å²) in [5, 5.41) is 3.98. The molecule has 25 heavy (non-hydrogen) atoms. The number of unbranched alkanes of at least 4 members (excludes halogenated alkanes) is 2. The van der Waals surface area contributed by atoms with Crippen molar-refractivity contribution >= 4 is 16.8 Å². The average molecular weight is 336 g/mol. The molecule has 3 rings (SSSR count). The number of rotatable bonds is 7. The molecule has 0 saturated heterocycles. The molecule has 4 nitrogen and oxygen atoms in total. The highest BCUT2D eigenvalue weighted by Crippen LogP contribution is 2.25. The second-order valence-corrected chi connectivity index (χ2v) is 6.42. The summed E-state index contributed by atoms with van der Waals surface area (Å²) in [7, 11) is 0. The van der Waals surface area contributed by atoms with E-state index in [0.717, 1.165) is 23.7 Å². The van der Waals surface area contributed by atoms with E-state index >= 15 is 0 Å². The molecule has 0 aliphatic carbocycles. The average Bonchev–Trinajstić information content (AvgIpc) is 3.15. The molecule has 3 aromatic rings. The van der Waals surface area contributed by atoms with E-state index in [0.29, 0.717) is 17.0 Å². The third kappa shape index (κ3) is 4.08. The molecule has 1 N–H and O–H groups in total. The van der Waals surface area contributed by atoms with E-state index in [-0.39, 0.29) is 11.9 Å². The number of fused-ring (bicyclic) bond motifs is 1. The predicted octanol–water partition coefficient (Wildman–Crippen LogP) is 5.19. The summed E-state index contributed by atoms with van der Waals surface area (Å²) in [6, 6.07) is 13.4. The van der Waals surface area contributed by atoms with Crippen molar-refractivity contribution in [2.45, 2.75) is 45.6 Å². The van der Waals surface area contributed by atoms with E-state index in [2.05, 4.69) is 24.1 Å². The van der Waals surface area contributed by atoms with Crippen molar-refractivity contribution in [1.82, 2.24) is 10.3 Å². The fourth-order valence-electron chi connectivity index (χ4n) is 2.99. The standard InChI is InChI=1S/C21H24N2O2/c1-3-4-5-9-15(2)22-21(24)17-14-19(20-12-8-13-25-20)23-18-11-7-6-10-16(17)18/h6-8,10-15H,3-5,9H2,1-2H3,(H,22,24). The summed E-state index contributed by atoms with van der Waals surface area (Å²) < 4.78 is 5.46. The van der Waals surface area contributed by atoms with Crippen molar-refractivity contribution in [3.63, 3.8) is 0 Å². The highest BCUT2D eigenvalue weighted by molar-refractivity contribution is 6.07. The Labute approximate surface area is 148 Å². The molecule has 0 aliphatic rings. The van der Waals surface area contributed by atoms with Crippen LogP contribution in [0.2, 0.25) is 0 Å². The Balaban J connectivity index is 1.90. The van der Waals surface area contributed by atoms with Crippen LogP contribution in [0.3, 0.4) is 0 Å². The summed E-state index contributed by atoms with van der Waals surface area (Å²) in [4.78, 5) is 17.5. The molecule has 0 aliphatic heterocycles. The molecular weight excluding hydrogens is 312 g/mol. The minimum Gasteiger partial charge on any atom is -0.463 e. The zero-order valence-electron chi connectivity index (χ0n) is 14.8. The molecule has 130 valence electrons. The van der Waals surface area contributed by atoms with Crippen molar-refractivity contribution in [1.29, 1.82) is 0 Å². The Hall–Kier alpha value is -2.62. The lowest BCUT2D eigenvalue weighted by molar-refractivity contribution is 0.0939. The number of nitrogens with one attached hydrogen (secondary N) is 1. The van der Waals surface area contributed by atoms with Crippen LogP contribution in [-0.2, 0) is 0 Å². The molecule has 1 atom stereocenters. The largest absolute Gasteiger partial charge is 0.463 e. The smallest absolute Gasteiger partial charge is 0.252 e. The van der Waals surface area contributed by atoms with Gasteiger partial charge in [0.05, 0.1) is 17.3 Å². The van der Waals surface area contributed by atoms with Gasteiger partial charge in [0, 0.05) is 11.4 Å². The number of carbonyl (C=O) groups is 1. The van der Waals surface area contributed by atoms with Crippen molar-refractivity contribution in [3.05, 3.63) is 54.3 Å². The molecule has 0 bridgehead atoms. The zero-order chi connectivity index (χ0) is 17.6. The first kappa shape index (κ1) is 17.2. The van der Waals surface area contributed by atoms with Crippen LogP contribution in [0.1, 0.15) is 49.9 Å². The Kier molecular flexibility index (Phi) is 5.49. The number of pyridine rings is 1.